The zero-order chi connectivity index (χ0) is 33.6. The number of nitrogens with zero attached hydrogens (tertiary/aromatic N) is 2. The zero-order valence-corrected chi connectivity index (χ0v) is 27.1. The van der Waals surface area contributed by atoms with Gasteiger partial charge < -0.3 is 0 Å². The fourth-order valence-electron chi connectivity index (χ4n) is 4.52. The van der Waals surface area contributed by atoms with E-state index in [1.165, 1.54) is 0 Å². The molecule has 0 saturated carbocycles. The number of hydrazone groups is 2. The van der Waals surface area contributed by atoms with Gasteiger partial charge in [0.1, 0.15) is 0 Å². The monoisotopic (exact) mass is 668 g/mol. The van der Waals surface area contributed by atoms with Crippen LogP contribution in [0.25, 0.3) is 0 Å². The Bertz CT molecular complexity index is 1840. The minimum absolute atomic E-state index is 0.252. The topological polar surface area (TPSA) is 82.9 Å². The molecule has 6 aromatic rings. The van der Waals surface area contributed by atoms with Crippen LogP contribution in [0.4, 0.5) is 0 Å². The maximum atomic E-state index is 12.2. The highest BCUT2D eigenvalue weighted by Gasteiger charge is 2.11. The third kappa shape index (κ3) is 9.59. The predicted octanol–water partition coefficient (Wildman–Crippen LogP) is 9.04. The summed E-state index contributed by atoms with van der Waals surface area (Å²) in [6, 6.07) is 52.1. The van der Waals surface area contributed by atoms with Gasteiger partial charge in [-0.15, -0.1) is 0 Å². The third-order valence-corrected chi connectivity index (χ3v) is 7.44. The van der Waals surface area contributed by atoms with E-state index in [0.29, 0.717) is 32.6 Å². The number of carbonyl (C=O) groups excluding carboxylic acids is 2. The first-order valence-electron chi connectivity index (χ1n) is 15.0. The number of benzene rings is 6. The molecule has 8 heteroatoms. The molecule has 2 N–H and O–H groups in total. The van der Waals surface area contributed by atoms with E-state index in [0.717, 1.165) is 22.3 Å². The molecule has 0 fully saturated rings. The lowest BCUT2D eigenvalue weighted by Gasteiger charge is -2.08. The molecule has 0 unspecified atom stereocenters. The molecule has 0 heterocycles. The zero-order valence-electron chi connectivity index (χ0n) is 25.6. The Morgan fingerprint density at radius 2 is 0.604 bits per heavy atom. The van der Waals surface area contributed by atoms with E-state index < -0.39 is 0 Å². The predicted molar refractivity (Wildman–Crippen MR) is 195 cm³/mol. The Morgan fingerprint density at radius 3 is 0.896 bits per heavy atom. The molecule has 0 spiro atoms. The molecule has 0 aliphatic rings. The van der Waals surface area contributed by atoms with Crippen LogP contribution in [0, 0.1) is 0 Å². The molecule has 6 rings (SSSR count). The molecule has 0 aliphatic heterocycles. The van der Waals surface area contributed by atoms with Crippen molar-refractivity contribution in [2.45, 2.75) is 0 Å². The fourth-order valence-corrected chi connectivity index (χ4v) is 4.77. The van der Waals surface area contributed by atoms with Gasteiger partial charge in [0.15, 0.2) is 0 Å². The summed E-state index contributed by atoms with van der Waals surface area (Å²) in [5.74, 6) is -0.504. The third-order valence-electron chi connectivity index (χ3n) is 6.94. The summed E-state index contributed by atoms with van der Waals surface area (Å²) >= 11 is 11.9. The van der Waals surface area contributed by atoms with Crippen molar-refractivity contribution in [3.63, 3.8) is 0 Å². The summed E-state index contributed by atoms with van der Waals surface area (Å²) in [5, 5.41) is 9.99. The molecule has 48 heavy (non-hydrogen) atoms. The summed E-state index contributed by atoms with van der Waals surface area (Å²) in [6.45, 7) is 0. The SMILES string of the molecule is O=C(N/N=C(\c1ccccc1)c1ccc(Cl)cc1)c1ccccc1.O=C(N/N=C(\c1ccccc1)c1ccc(Cl)cc1)c1ccccc1. The summed E-state index contributed by atoms with van der Waals surface area (Å²) in [4.78, 5) is 24.5. The molecule has 0 radical (unpaired) electrons. The fraction of sp³-hybridized carbons (Fsp3) is 0. The van der Waals surface area contributed by atoms with E-state index in [9.17, 15) is 9.59 Å². The van der Waals surface area contributed by atoms with Crippen LogP contribution in [-0.2, 0) is 0 Å². The van der Waals surface area contributed by atoms with Crippen molar-refractivity contribution in [1.29, 1.82) is 0 Å². The highest BCUT2D eigenvalue weighted by atomic mass is 35.5. The van der Waals surface area contributed by atoms with Gasteiger partial charge in [-0.3, -0.25) is 9.59 Å². The average Bonchev–Trinajstić information content (AvgIpc) is 3.15. The minimum atomic E-state index is -0.252. The van der Waals surface area contributed by atoms with Crippen molar-refractivity contribution in [2.75, 3.05) is 0 Å². The van der Waals surface area contributed by atoms with Crippen LogP contribution < -0.4 is 10.9 Å². The van der Waals surface area contributed by atoms with E-state index in [2.05, 4.69) is 21.1 Å². The Kier molecular flexibility index (Phi) is 12.0. The normalized spacial score (nSPS) is 11.1. The first-order valence-corrected chi connectivity index (χ1v) is 15.7. The molecule has 0 bridgehead atoms. The van der Waals surface area contributed by atoms with Gasteiger partial charge in [0.2, 0.25) is 0 Å². The molecule has 0 saturated heterocycles. The maximum absolute atomic E-state index is 12.2. The van der Waals surface area contributed by atoms with Crippen LogP contribution in [0.2, 0.25) is 10.0 Å². The molecule has 0 aromatic heterocycles. The first-order chi connectivity index (χ1) is 23.5. The summed E-state index contributed by atoms with van der Waals surface area (Å²) in [7, 11) is 0. The molecule has 0 atom stereocenters. The number of hydrogen-bond acceptors (Lipinski definition) is 4. The van der Waals surface area contributed by atoms with Crippen molar-refractivity contribution in [3.05, 3.63) is 213 Å². The summed E-state index contributed by atoms with van der Waals surface area (Å²) in [5.41, 5.74) is 11.3. The second-order valence-corrected chi connectivity index (χ2v) is 11.2. The van der Waals surface area contributed by atoms with Crippen molar-refractivity contribution < 1.29 is 9.59 Å². The first kappa shape index (κ1) is 33.5. The quantitative estimate of drug-likeness (QED) is 0.125. The number of rotatable bonds is 8. The largest absolute Gasteiger partial charge is 0.271 e. The van der Waals surface area contributed by atoms with Gasteiger partial charge in [-0.2, -0.15) is 10.2 Å². The molecule has 6 aromatic carbocycles. The van der Waals surface area contributed by atoms with Gasteiger partial charge in [0.05, 0.1) is 11.4 Å². The van der Waals surface area contributed by atoms with E-state index >= 15 is 0 Å². The average molecular weight is 670 g/mol. The van der Waals surface area contributed by atoms with Crippen molar-refractivity contribution in [2.24, 2.45) is 10.2 Å². The van der Waals surface area contributed by atoms with Crippen molar-refractivity contribution >= 4 is 46.4 Å². The van der Waals surface area contributed by atoms with Gasteiger partial charge in [0, 0.05) is 43.4 Å². The van der Waals surface area contributed by atoms with Gasteiger partial charge in [-0.25, -0.2) is 10.9 Å². The lowest BCUT2D eigenvalue weighted by molar-refractivity contribution is 0.0947. The Labute approximate surface area is 289 Å². The van der Waals surface area contributed by atoms with Crippen LogP contribution in [0.15, 0.2) is 180 Å². The van der Waals surface area contributed by atoms with E-state index in [-0.39, 0.29) is 11.8 Å². The minimum Gasteiger partial charge on any atom is -0.267 e. The van der Waals surface area contributed by atoms with Crippen molar-refractivity contribution in [1.82, 2.24) is 10.9 Å². The second kappa shape index (κ2) is 17.2. The Hall–Kier alpha value is -5.82. The molecular weight excluding hydrogens is 639 g/mol. The Morgan fingerprint density at radius 1 is 0.354 bits per heavy atom. The van der Waals surface area contributed by atoms with Crippen LogP contribution in [0.5, 0.6) is 0 Å². The lowest BCUT2D eigenvalue weighted by Crippen LogP contribution is -2.20. The van der Waals surface area contributed by atoms with Gasteiger partial charge in [0.25, 0.3) is 11.8 Å². The van der Waals surface area contributed by atoms with Gasteiger partial charge in [-0.1, -0.05) is 145 Å². The highest BCUT2D eigenvalue weighted by molar-refractivity contribution is 6.31. The molecule has 6 nitrogen and oxygen atoms in total. The maximum Gasteiger partial charge on any atom is 0.271 e. The van der Waals surface area contributed by atoms with Gasteiger partial charge in [-0.05, 0) is 48.5 Å². The highest BCUT2D eigenvalue weighted by Crippen LogP contribution is 2.16. The number of halogens is 2. The lowest BCUT2D eigenvalue weighted by atomic mass is 10.0. The van der Waals surface area contributed by atoms with E-state index in [4.69, 9.17) is 23.2 Å². The molecule has 0 aliphatic carbocycles. The van der Waals surface area contributed by atoms with Gasteiger partial charge >= 0.3 is 0 Å². The molecule has 2 amide bonds. The number of amides is 2. The number of nitrogens with one attached hydrogen (secondary N) is 2. The van der Waals surface area contributed by atoms with Crippen LogP contribution in [0.1, 0.15) is 43.0 Å². The molecule has 236 valence electrons. The van der Waals surface area contributed by atoms with Crippen LogP contribution in [0.3, 0.4) is 0 Å². The van der Waals surface area contributed by atoms with Crippen LogP contribution in [-0.4, -0.2) is 23.2 Å². The number of carbonyl (C=O) groups is 2. The molecular formula is C40H30Cl2N4O2. The van der Waals surface area contributed by atoms with E-state index in [1.807, 2.05) is 121 Å². The number of hydrogen-bond donors (Lipinski definition) is 2. The Balaban J connectivity index is 0.000000188. The summed E-state index contributed by atoms with van der Waals surface area (Å²) in [6.07, 6.45) is 0. The van der Waals surface area contributed by atoms with E-state index in [1.54, 1.807) is 48.5 Å². The van der Waals surface area contributed by atoms with Crippen LogP contribution >= 0.6 is 23.2 Å². The second-order valence-electron chi connectivity index (χ2n) is 10.3. The summed E-state index contributed by atoms with van der Waals surface area (Å²) < 4.78 is 0. The smallest absolute Gasteiger partial charge is 0.267 e. The van der Waals surface area contributed by atoms with Crippen molar-refractivity contribution in [3.8, 4) is 0 Å². The standard InChI is InChI=1S/2C20H15ClN2O/c2*21-18-13-11-16(12-14-18)19(15-7-3-1-4-8-15)22-23-20(24)17-9-5-2-6-10-17/h2*1-14H,(H,23,24)/b2*22-19+.